The second kappa shape index (κ2) is 8.90. The largest absolute Gasteiger partial charge is 0.387 e. The van der Waals surface area contributed by atoms with Crippen LogP contribution >= 0.6 is 0 Å². The van der Waals surface area contributed by atoms with E-state index in [0.29, 0.717) is 0 Å². The number of hydrogen-bond donors (Lipinski definition) is 2. The van der Waals surface area contributed by atoms with Crippen LogP contribution in [0.25, 0.3) is 0 Å². The third-order valence-corrected chi connectivity index (χ3v) is 3.55. The highest BCUT2D eigenvalue weighted by Crippen LogP contribution is 2.12. The molecular formula is C14H32NO2+. The maximum Gasteiger partial charge on any atom is 0.105 e. The van der Waals surface area contributed by atoms with Crippen molar-refractivity contribution in [1.29, 1.82) is 0 Å². The Balaban J connectivity index is 4.33. The van der Waals surface area contributed by atoms with Crippen molar-refractivity contribution in [3.8, 4) is 0 Å². The number of aliphatic hydroxyl groups excluding tert-OH is 2. The molecule has 2 atom stereocenters. The predicted octanol–water partition coefficient (Wildman–Crippen LogP) is 2.17. The van der Waals surface area contributed by atoms with Gasteiger partial charge in [0.15, 0.2) is 0 Å². The first-order chi connectivity index (χ1) is 7.97. The lowest BCUT2D eigenvalue weighted by atomic mass is 10.1. The fourth-order valence-corrected chi connectivity index (χ4v) is 2.28. The first-order valence-corrected chi connectivity index (χ1v) is 7.17. The summed E-state index contributed by atoms with van der Waals surface area (Å²) in [5.41, 5.74) is 0. The average molecular weight is 246 g/mol. The molecule has 0 heterocycles. The predicted molar refractivity (Wildman–Crippen MR) is 72.9 cm³/mol. The van der Waals surface area contributed by atoms with Crippen molar-refractivity contribution in [2.24, 2.45) is 0 Å². The first kappa shape index (κ1) is 16.9. The van der Waals surface area contributed by atoms with Crippen LogP contribution in [0, 0.1) is 0 Å². The molecule has 3 nitrogen and oxygen atoms in total. The Morgan fingerprint density at radius 1 is 0.882 bits per heavy atom. The Kier molecular flexibility index (Phi) is 8.83. The molecule has 2 N–H and O–H groups in total. The van der Waals surface area contributed by atoms with Crippen molar-refractivity contribution in [2.45, 2.75) is 65.1 Å². The Bertz CT molecular complexity index is 173. The molecule has 0 spiro atoms. The average Bonchev–Trinajstić information content (AvgIpc) is 2.28. The molecule has 0 radical (unpaired) electrons. The van der Waals surface area contributed by atoms with Gasteiger partial charge in [-0.15, -0.1) is 0 Å². The number of hydrogen-bond acceptors (Lipinski definition) is 2. The molecule has 3 heteroatoms. The molecule has 0 aliphatic rings. The van der Waals surface area contributed by atoms with Crippen molar-refractivity contribution >= 4 is 0 Å². The van der Waals surface area contributed by atoms with E-state index in [1.807, 2.05) is 13.8 Å². The van der Waals surface area contributed by atoms with Crippen molar-refractivity contribution in [3.63, 3.8) is 0 Å². The molecule has 0 saturated heterocycles. The molecule has 0 aliphatic carbocycles. The normalized spacial score (nSPS) is 18.7. The van der Waals surface area contributed by atoms with E-state index in [-0.39, 0.29) is 12.2 Å². The van der Waals surface area contributed by atoms with Gasteiger partial charge in [-0.2, -0.15) is 0 Å². The van der Waals surface area contributed by atoms with Crippen molar-refractivity contribution in [2.75, 3.05) is 26.7 Å². The van der Waals surface area contributed by atoms with Crippen LogP contribution in [0.3, 0.4) is 0 Å². The van der Waals surface area contributed by atoms with Gasteiger partial charge in [0.1, 0.15) is 25.3 Å². The number of aliphatic hydroxyl groups is 2. The van der Waals surface area contributed by atoms with Crippen LogP contribution < -0.4 is 0 Å². The highest BCUT2D eigenvalue weighted by Gasteiger charge is 2.26. The van der Waals surface area contributed by atoms with Crippen molar-refractivity contribution < 1.29 is 14.7 Å². The van der Waals surface area contributed by atoms with E-state index in [9.17, 15) is 10.2 Å². The summed E-state index contributed by atoms with van der Waals surface area (Å²) in [5, 5.41) is 19.7. The number of quaternary nitrogens is 1. The smallest absolute Gasteiger partial charge is 0.105 e. The van der Waals surface area contributed by atoms with Gasteiger partial charge >= 0.3 is 0 Å². The van der Waals surface area contributed by atoms with E-state index < -0.39 is 0 Å². The monoisotopic (exact) mass is 246 g/mol. The molecule has 0 aromatic rings. The SMILES string of the molecule is CCCCC[N+](C)(CC(O)CC)CC(O)CC. The highest BCUT2D eigenvalue weighted by atomic mass is 16.3. The molecule has 2 unspecified atom stereocenters. The number of nitrogens with zero attached hydrogens (tertiary/aromatic N) is 1. The lowest BCUT2D eigenvalue weighted by Crippen LogP contribution is -2.53. The second-order valence-electron chi connectivity index (χ2n) is 5.54. The van der Waals surface area contributed by atoms with Gasteiger partial charge in [0, 0.05) is 0 Å². The van der Waals surface area contributed by atoms with Crippen LogP contribution in [-0.4, -0.2) is 53.6 Å². The molecule has 0 aromatic carbocycles. The summed E-state index contributed by atoms with van der Waals surface area (Å²) in [6.45, 7) is 8.80. The standard InChI is InChI=1S/C14H32NO2/c1-5-8-9-10-15(4,11-13(16)6-2)12-14(17)7-3/h13-14,16-17H,5-12H2,1-4H3/q+1. The summed E-state index contributed by atoms with van der Waals surface area (Å²) in [4.78, 5) is 0. The maximum absolute atomic E-state index is 9.84. The van der Waals surface area contributed by atoms with Crippen LogP contribution in [0.15, 0.2) is 0 Å². The molecule has 0 aromatic heterocycles. The lowest BCUT2D eigenvalue weighted by molar-refractivity contribution is -0.915. The van der Waals surface area contributed by atoms with E-state index in [0.717, 1.165) is 37.0 Å². The van der Waals surface area contributed by atoms with Gasteiger partial charge in [-0.3, -0.25) is 0 Å². The van der Waals surface area contributed by atoms with Gasteiger partial charge < -0.3 is 14.7 Å². The van der Waals surface area contributed by atoms with E-state index in [4.69, 9.17) is 0 Å². The summed E-state index contributed by atoms with van der Waals surface area (Å²) in [5.74, 6) is 0. The van der Waals surface area contributed by atoms with Gasteiger partial charge in [-0.05, 0) is 25.7 Å². The third kappa shape index (κ3) is 7.74. The molecule has 0 aliphatic heterocycles. The zero-order valence-corrected chi connectivity index (χ0v) is 12.2. The molecule has 104 valence electrons. The minimum atomic E-state index is -0.245. The Morgan fingerprint density at radius 3 is 1.71 bits per heavy atom. The summed E-state index contributed by atoms with van der Waals surface area (Å²) < 4.78 is 0.796. The summed E-state index contributed by atoms with van der Waals surface area (Å²) in [6, 6.07) is 0. The van der Waals surface area contributed by atoms with Crippen LogP contribution in [0.4, 0.5) is 0 Å². The van der Waals surface area contributed by atoms with E-state index >= 15 is 0 Å². The molecule has 0 amide bonds. The van der Waals surface area contributed by atoms with Gasteiger partial charge in [0.25, 0.3) is 0 Å². The Labute approximate surface area is 107 Å². The fraction of sp³-hybridized carbons (Fsp3) is 1.00. The quantitative estimate of drug-likeness (QED) is 0.458. The second-order valence-corrected chi connectivity index (χ2v) is 5.54. The summed E-state index contributed by atoms with van der Waals surface area (Å²) in [7, 11) is 2.16. The molecule has 0 rings (SSSR count). The molecule has 0 saturated carbocycles. The summed E-state index contributed by atoms with van der Waals surface area (Å²) in [6.07, 6.45) is 4.73. The maximum atomic E-state index is 9.84. The topological polar surface area (TPSA) is 40.5 Å². The van der Waals surface area contributed by atoms with Gasteiger partial charge in [-0.1, -0.05) is 27.2 Å². The number of unbranched alkanes of at least 4 members (excludes halogenated alkanes) is 2. The van der Waals surface area contributed by atoms with Gasteiger partial charge in [0.2, 0.25) is 0 Å². The summed E-state index contributed by atoms with van der Waals surface area (Å²) >= 11 is 0. The van der Waals surface area contributed by atoms with E-state index in [1.165, 1.54) is 19.3 Å². The minimum Gasteiger partial charge on any atom is -0.387 e. The third-order valence-electron chi connectivity index (χ3n) is 3.55. The van der Waals surface area contributed by atoms with Crippen LogP contribution in [0.2, 0.25) is 0 Å². The zero-order chi connectivity index (χ0) is 13.3. The Hall–Kier alpha value is -0.120. The molecule has 0 fully saturated rings. The highest BCUT2D eigenvalue weighted by molar-refractivity contribution is 4.57. The lowest BCUT2D eigenvalue weighted by Gasteiger charge is -2.37. The first-order valence-electron chi connectivity index (χ1n) is 7.17. The zero-order valence-electron chi connectivity index (χ0n) is 12.2. The van der Waals surface area contributed by atoms with Crippen LogP contribution in [0.1, 0.15) is 52.9 Å². The fourth-order valence-electron chi connectivity index (χ4n) is 2.28. The number of likely N-dealkylation sites (N-methyl/N-ethyl adjacent to an activating group) is 1. The van der Waals surface area contributed by atoms with Crippen LogP contribution in [0.5, 0.6) is 0 Å². The van der Waals surface area contributed by atoms with Gasteiger partial charge in [-0.25, -0.2) is 0 Å². The van der Waals surface area contributed by atoms with Gasteiger partial charge in [0.05, 0.1) is 13.6 Å². The molecule has 0 bridgehead atoms. The van der Waals surface area contributed by atoms with Crippen molar-refractivity contribution in [3.05, 3.63) is 0 Å². The molecular weight excluding hydrogens is 214 g/mol. The van der Waals surface area contributed by atoms with E-state index in [2.05, 4.69) is 14.0 Å². The van der Waals surface area contributed by atoms with E-state index in [1.54, 1.807) is 0 Å². The number of rotatable bonds is 10. The van der Waals surface area contributed by atoms with Crippen LogP contribution in [-0.2, 0) is 0 Å². The minimum absolute atomic E-state index is 0.245. The Morgan fingerprint density at radius 2 is 1.35 bits per heavy atom. The van der Waals surface area contributed by atoms with Crippen molar-refractivity contribution in [1.82, 2.24) is 0 Å². The molecule has 17 heavy (non-hydrogen) atoms.